The van der Waals surface area contributed by atoms with Crippen LogP contribution in [0.5, 0.6) is 0 Å². The van der Waals surface area contributed by atoms with Crippen molar-refractivity contribution in [2.75, 3.05) is 32.9 Å². The average Bonchev–Trinajstić information content (AvgIpc) is 2.34. The zero-order chi connectivity index (χ0) is 15.3. The van der Waals surface area contributed by atoms with E-state index in [4.69, 9.17) is 5.73 Å². The second-order valence-electron chi connectivity index (χ2n) is 4.54. The van der Waals surface area contributed by atoms with Crippen LogP contribution in [0.2, 0.25) is 0 Å². The van der Waals surface area contributed by atoms with Crippen LogP contribution in [0.4, 0.5) is 11.4 Å². The van der Waals surface area contributed by atoms with Gasteiger partial charge in [0.1, 0.15) is 0 Å². The SMILES string of the molecule is CN(C)CCCNS(=O)(=O)c1cc(N)ccc1[N+](=O)[O-]. The summed E-state index contributed by atoms with van der Waals surface area (Å²) in [6, 6.07) is 3.47. The summed E-state index contributed by atoms with van der Waals surface area (Å²) >= 11 is 0. The number of nitrogens with one attached hydrogen (secondary N) is 1. The largest absolute Gasteiger partial charge is 0.399 e. The zero-order valence-corrected chi connectivity index (χ0v) is 12.2. The van der Waals surface area contributed by atoms with Crippen molar-refractivity contribution in [2.24, 2.45) is 0 Å². The van der Waals surface area contributed by atoms with E-state index in [0.717, 1.165) is 12.1 Å². The van der Waals surface area contributed by atoms with Gasteiger partial charge in [-0.3, -0.25) is 10.1 Å². The molecule has 0 aliphatic heterocycles. The van der Waals surface area contributed by atoms with Crippen LogP contribution >= 0.6 is 0 Å². The Morgan fingerprint density at radius 3 is 2.60 bits per heavy atom. The monoisotopic (exact) mass is 302 g/mol. The van der Waals surface area contributed by atoms with Gasteiger partial charge in [0.15, 0.2) is 4.90 Å². The minimum Gasteiger partial charge on any atom is -0.399 e. The molecule has 20 heavy (non-hydrogen) atoms. The summed E-state index contributed by atoms with van der Waals surface area (Å²) in [5, 5.41) is 10.9. The molecular weight excluding hydrogens is 284 g/mol. The number of nitro groups is 1. The molecule has 0 radical (unpaired) electrons. The lowest BCUT2D eigenvalue weighted by atomic mass is 10.3. The molecular formula is C11H18N4O4S. The van der Waals surface area contributed by atoms with Crippen LogP contribution in [0.1, 0.15) is 6.42 Å². The van der Waals surface area contributed by atoms with E-state index in [-0.39, 0.29) is 12.2 Å². The van der Waals surface area contributed by atoms with E-state index in [1.165, 1.54) is 6.07 Å². The molecule has 0 amide bonds. The molecule has 112 valence electrons. The number of rotatable bonds is 7. The Morgan fingerprint density at radius 2 is 2.05 bits per heavy atom. The van der Waals surface area contributed by atoms with Gasteiger partial charge in [-0.15, -0.1) is 0 Å². The van der Waals surface area contributed by atoms with Crippen LogP contribution in [0.25, 0.3) is 0 Å². The third-order valence-electron chi connectivity index (χ3n) is 2.54. The van der Waals surface area contributed by atoms with Gasteiger partial charge >= 0.3 is 0 Å². The van der Waals surface area contributed by atoms with Crippen molar-refractivity contribution in [1.82, 2.24) is 9.62 Å². The van der Waals surface area contributed by atoms with Gasteiger partial charge in [-0.05, 0) is 39.2 Å². The Hall–Kier alpha value is -1.71. The first-order valence-corrected chi connectivity index (χ1v) is 7.40. The first-order chi connectivity index (χ1) is 9.24. The molecule has 0 aromatic heterocycles. The van der Waals surface area contributed by atoms with Gasteiger partial charge in [0.2, 0.25) is 10.0 Å². The first kappa shape index (κ1) is 16.3. The minimum atomic E-state index is -3.95. The maximum absolute atomic E-state index is 12.1. The molecule has 0 saturated heterocycles. The molecule has 9 heteroatoms. The lowest BCUT2D eigenvalue weighted by Crippen LogP contribution is -2.28. The third-order valence-corrected chi connectivity index (χ3v) is 4.03. The average molecular weight is 302 g/mol. The minimum absolute atomic E-state index is 0.157. The van der Waals surface area contributed by atoms with E-state index in [1.54, 1.807) is 0 Å². The first-order valence-electron chi connectivity index (χ1n) is 5.92. The highest BCUT2D eigenvalue weighted by atomic mass is 32.2. The summed E-state index contributed by atoms with van der Waals surface area (Å²) in [5.41, 5.74) is 5.17. The molecule has 0 fully saturated rings. The Bertz CT molecular complexity index is 586. The van der Waals surface area contributed by atoms with Crippen molar-refractivity contribution in [2.45, 2.75) is 11.3 Å². The van der Waals surface area contributed by atoms with Gasteiger partial charge in [0.25, 0.3) is 5.69 Å². The molecule has 8 nitrogen and oxygen atoms in total. The van der Waals surface area contributed by atoms with Crippen molar-refractivity contribution in [1.29, 1.82) is 0 Å². The highest BCUT2D eigenvalue weighted by molar-refractivity contribution is 7.89. The zero-order valence-electron chi connectivity index (χ0n) is 11.4. The van der Waals surface area contributed by atoms with Crippen molar-refractivity contribution >= 4 is 21.4 Å². The van der Waals surface area contributed by atoms with Crippen molar-refractivity contribution in [3.63, 3.8) is 0 Å². The van der Waals surface area contributed by atoms with E-state index in [1.807, 2.05) is 19.0 Å². The fraction of sp³-hybridized carbons (Fsp3) is 0.455. The molecule has 1 aromatic carbocycles. The second kappa shape index (κ2) is 6.64. The number of anilines is 1. The molecule has 0 bridgehead atoms. The number of hydrogen-bond acceptors (Lipinski definition) is 6. The highest BCUT2D eigenvalue weighted by Crippen LogP contribution is 2.25. The predicted molar refractivity (Wildman–Crippen MR) is 75.9 cm³/mol. The number of hydrogen-bond donors (Lipinski definition) is 2. The summed E-state index contributed by atoms with van der Waals surface area (Å²) in [7, 11) is -0.202. The van der Waals surface area contributed by atoms with Gasteiger partial charge in [-0.25, -0.2) is 13.1 Å². The number of nitrogens with zero attached hydrogens (tertiary/aromatic N) is 2. The number of sulfonamides is 1. The predicted octanol–water partition coefficient (Wildman–Crippen LogP) is 0.407. The second-order valence-corrected chi connectivity index (χ2v) is 6.27. The van der Waals surface area contributed by atoms with Crippen molar-refractivity contribution in [3.8, 4) is 0 Å². The van der Waals surface area contributed by atoms with Gasteiger partial charge in [-0.1, -0.05) is 0 Å². The quantitative estimate of drug-likeness (QED) is 0.326. The maximum Gasteiger partial charge on any atom is 0.289 e. The Balaban J connectivity index is 2.92. The molecule has 0 aliphatic carbocycles. The Morgan fingerprint density at radius 1 is 1.40 bits per heavy atom. The van der Waals surface area contributed by atoms with Crippen LogP contribution in [0.15, 0.2) is 23.1 Å². The Kier molecular flexibility index (Phi) is 5.43. The van der Waals surface area contributed by atoms with Crippen LogP contribution in [0.3, 0.4) is 0 Å². The number of benzene rings is 1. The maximum atomic E-state index is 12.1. The fourth-order valence-corrected chi connectivity index (χ4v) is 2.85. The summed E-state index contributed by atoms with van der Waals surface area (Å²) in [6.07, 6.45) is 0.600. The summed E-state index contributed by atoms with van der Waals surface area (Å²) < 4.78 is 26.5. The lowest BCUT2D eigenvalue weighted by Gasteiger charge is -2.10. The number of nitro benzene ring substituents is 1. The van der Waals surface area contributed by atoms with Crippen LogP contribution in [-0.4, -0.2) is 45.4 Å². The lowest BCUT2D eigenvalue weighted by molar-refractivity contribution is -0.387. The van der Waals surface area contributed by atoms with Crippen LogP contribution < -0.4 is 10.5 Å². The third kappa shape index (κ3) is 4.44. The van der Waals surface area contributed by atoms with Crippen LogP contribution in [-0.2, 0) is 10.0 Å². The van der Waals surface area contributed by atoms with Crippen LogP contribution in [0, 0.1) is 10.1 Å². The smallest absolute Gasteiger partial charge is 0.289 e. The molecule has 0 heterocycles. The number of nitrogen functional groups attached to an aromatic ring is 1. The molecule has 0 unspecified atom stereocenters. The van der Waals surface area contributed by atoms with E-state index < -0.39 is 25.5 Å². The van der Waals surface area contributed by atoms with E-state index in [9.17, 15) is 18.5 Å². The fourth-order valence-electron chi connectivity index (χ4n) is 1.58. The molecule has 0 atom stereocenters. The molecule has 1 aromatic rings. The molecule has 0 aliphatic rings. The molecule has 0 spiro atoms. The van der Waals surface area contributed by atoms with Gasteiger partial charge in [0.05, 0.1) is 4.92 Å². The molecule has 3 N–H and O–H groups in total. The summed E-state index contributed by atoms with van der Waals surface area (Å²) in [4.78, 5) is 11.6. The molecule has 1 rings (SSSR count). The van der Waals surface area contributed by atoms with Crippen molar-refractivity contribution < 1.29 is 13.3 Å². The van der Waals surface area contributed by atoms with Gasteiger partial charge < -0.3 is 10.6 Å². The summed E-state index contributed by atoms with van der Waals surface area (Å²) in [5.74, 6) is 0. The standard InChI is InChI=1S/C11H18N4O4S/c1-14(2)7-3-6-13-20(18,19)11-8-9(12)4-5-10(11)15(16)17/h4-5,8,13H,3,6-7,12H2,1-2H3. The Labute approximate surface area is 117 Å². The number of nitrogens with two attached hydrogens (primary N) is 1. The van der Waals surface area contributed by atoms with Gasteiger partial charge in [-0.2, -0.15) is 0 Å². The van der Waals surface area contributed by atoms with E-state index in [2.05, 4.69) is 4.72 Å². The highest BCUT2D eigenvalue weighted by Gasteiger charge is 2.25. The van der Waals surface area contributed by atoms with Gasteiger partial charge in [0, 0.05) is 18.3 Å². The summed E-state index contributed by atoms with van der Waals surface area (Å²) in [6.45, 7) is 0.911. The van der Waals surface area contributed by atoms with E-state index >= 15 is 0 Å². The molecule has 0 saturated carbocycles. The topological polar surface area (TPSA) is 119 Å². The normalized spacial score (nSPS) is 11.8. The van der Waals surface area contributed by atoms with Crippen molar-refractivity contribution in [3.05, 3.63) is 28.3 Å². The van der Waals surface area contributed by atoms with E-state index in [0.29, 0.717) is 13.0 Å².